The largest absolute Gasteiger partial charge is 0.497 e. The zero-order chi connectivity index (χ0) is 22.9. The van der Waals surface area contributed by atoms with Gasteiger partial charge < -0.3 is 9.47 Å². The summed E-state index contributed by atoms with van der Waals surface area (Å²) in [6.45, 7) is 0.669. The van der Waals surface area contributed by atoms with Crippen molar-refractivity contribution >= 4 is 59.4 Å². The zero-order valence-corrected chi connectivity index (χ0v) is 21.4. The molecule has 166 valence electrons. The van der Waals surface area contributed by atoms with Crippen LogP contribution in [0.1, 0.15) is 5.56 Å². The highest BCUT2D eigenvalue weighted by molar-refractivity contribution is 9.10. The lowest BCUT2D eigenvalue weighted by atomic mass is 10.2. The molecule has 5 rings (SSSR count). The van der Waals surface area contributed by atoms with Gasteiger partial charge in [-0.3, -0.25) is 9.69 Å². The van der Waals surface area contributed by atoms with E-state index in [-0.39, 0.29) is 0 Å². The molecule has 0 amide bonds. The zero-order valence-electron chi connectivity index (χ0n) is 18.3. The Morgan fingerprint density at radius 3 is 1.88 bits per heavy atom. The van der Waals surface area contributed by atoms with Gasteiger partial charge in [-0.25, -0.2) is 0 Å². The van der Waals surface area contributed by atoms with E-state index < -0.39 is 0 Å². The molecule has 0 spiro atoms. The molecule has 0 aliphatic rings. The summed E-state index contributed by atoms with van der Waals surface area (Å²) < 4.78 is 15.3. The van der Waals surface area contributed by atoms with Crippen molar-refractivity contribution in [2.24, 2.45) is 0 Å². The number of rotatable bonds is 6. The van der Waals surface area contributed by atoms with Crippen LogP contribution in [0.25, 0.3) is 21.8 Å². The summed E-state index contributed by atoms with van der Waals surface area (Å²) in [4.78, 5) is 0. The second-order valence-corrected chi connectivity index (χ2v) is 9.57. The third-order valence-corrected chi connectivity index (χ3v) is 6.73. The topological polar surface area (TPSA) is 26.6 Å². The van der Waals surface area contributed by atoms with Crippen LogP contribution in [0.4, 0.5) is 5.69 Å². The fourth-order valence-electron chi connectivity index (χ4n) is 4.16. The maximum absolute atomic E-state index is 5.54. The Labute approximate surface area is 209 Å². The second kappa shape index (κ2) is 9.12. The molecule has 0 radical (unpaired) electrons. The van der Waals surface area contributed by atoms with E-state index in [1.54, 1.807) is 14.2 Å². The van der Waals surface area contributed by atoms with Crippen LogP contribution in [0.3, 0.4) is 0 Å². The molecule has 4 aromatic carbocycles. The van der Waals surface area contributed by atoms with Crippen LogP contribution >= 0.6 is 31.9 Å². The summed E-state index contributed by atoms with van der Waals surface area (Å²) in [5.41, 5.74) is 4.46. The van der Waals surface area contributed by atoms with Gasteiger partial charge in [-0.1, -0.05) is 50.1 Å². The number of fused-ring (bicyclic) bond motifs is 3. The number of anilines is 1. The molecule has 0 aliphatic carbocycles. The van der Waals surface area contributed by atoms with Crippen molar-refractivity contribution in [1.82, 2.24) is 4.68 Å². The normalized spacial score (nSPS) is 11.2. The SMILES string of the molecule is COc1ccc(CN(c2cccc(OC)c2)n2c3ccc(Br)cc3c3cc(Br)ccc32)cc1. The van der Waals surface area contributed by atoms with Crippen molar-refractivity contribution < 1.29 is 9.47 Å². The van der Waals surface area contributed by atoms with Crippen LogP contribution in [0.15, 0.2) is 93.9 Å². The molecule has 1 aromatic heterocycles. The van der Waals surface area contributed by atoms with Gasteiger partial charge in [-0.2, -0.15) is 0 Å². The first-order valence-corrected chi connectivity index (χ1v) is 12.1. The summed E-state index contributed by atoms with van der Waals surface area (Å²) in [5, 5.41) is 4.66. The lowest BCUT2D eigenvalue weighted by molar-refractivity contribution is 0.414. The number of nitrogens with zero attached hydrogens (tertiary/aromatic N) is 2. The molecule has 0 bridgehead atoms. The molecule has 0 saturated carbocycles. The van der Waals surface area contributed by atoms with Crippen molar-refractivity contribution in [3.8, 4) is 11.5 Å². The highest BCUT2D eigenvalue weighted by Crippen LogP contribution is 2.36. The minimum Gasteiger partial charge on any atom is -0.497 e. The van der Waals surface area contributed by atoms with E-state index in [1.165, 1.54) is 16.3 Å². The molecule has 0 saturated heterocycles. The summed E-state index contributed by atoms with van der Waals surface area (Å²) in [6, 6.07) is 29.2. The van der Waals surface area contributed by atoms with Gasteiger partial charge in [0.25, 0.3) is 0 Å². The maximum Gasteiger partial charge on any atom is 0.120 e. The Hall–Kier alpha value is -2.96. The van der Waals surface area contributed by atoms with Gasteiger partial charge in [0.1, 0.15) is 11.5 Å². The molecule has 0 N–H and O–H groups in total. The van der Waals surface area contributed by atoms with Gasteiger partial charge in [-0.05, 0) is 66.2 Å². The molecular weight excluding hydrogens is 544 g/mol. The molecule has 0 atom stereocenters. The first-order valence-electron chi connectivity index (χ1n) is 10.5. The number of methoxy groups -OCH3 is 2. The van der Waals surface area contributed by atoms with E-state index in [4.69, 9.17) is 9.47 Å². The molecule has 0 fully saturated rings. The summed E-state index contributed by atoms with van der Waals surface area (Å²) in [7, 11) is 3.38. The highest BCUT2D eigenvalue weighted by atomic mass is 79.9. The van der Waals surface area contributed by atoms with E-state index in [1.807, 2.05) is 24.3 Å². The van der Waals surface area contributed by atoms with Gasteiger partial charge in [0.15, 0.2) is 0 Å². The van der Waals surface area contributed by atoms with Gasteiger partial charge >= 0.3 is 0 Å². The lowest BCUT2D eigenvalue weighted by Gasteiger charge is -2.28. The number of ether oxygens (including phenoxy) is 2. The van der Waals surface area contributed by atoms with Crippen LogP contribution in [0, 0.1) is 0 Å². The molecular formula is C27H22Br2N2O2. The van der Waals surface area contributed by atoms with Crippen molar-refractivity contribution in [3.05, 3.63) is 99.4 Å². The van der Waals surface area contributed by atoms with Crippen LogP contribution in [-0.4, -0.2) is 18.9 Å². The van der Waals surface area contributed by atoms with Gasteiger partial charge in [0, 0.05) is 25.8 Å². The first-order chi connectivity index (χ1) is 16.1. The number of benzene rings is 4. The van der Waals surface area contributed by atoms with E-state index in [0.29, 0.717) is 6.54 Å². The molecule has 0 aliphatic heterocycles. The minimum atomic E-state index is 0.669. The third kappa shape index (κ3) is 4.21. The molecule has 0 unspecified atom stereocenters. The lowest BCUT2D eigenvalue weighted by Crippen LogP contribution is -2.28. The fraction of sp³-hybridized carbons (Fsp3) is 0.111. The van der Waals surface area contributed by atoms with Crippen LogP contribution in [0.5, 0.6) is 11.5 Å². The maximum atomic E-state index is 5.54. The Bertz CT molecular complexity index is 1390. The molecule has 4 nitrogen and oxygen atoms in total. The van der Waals surface area contributed by atoms with E-state index in [2.05, 4.69) is 102 Å². The van der Waals surface area contributed by atoms with Crippen molar-refractivity contribution in [1.29, 1.82) is 0 Å². The highest BCUT2D eigenvalue weighted by Gasteiger charge is 2.19. The molecule has 5 aromatic rings. The third-order valence-electron chi connectivity index (χ3n) is 5.75. The van der Waals surface area contributed by atoms with Crippen molar-refractivity contribution in [2.75, 3.05) is 19.2 Å². The predicted octanol–water partition coefficient (Wildman–Crippen LogP) is 7.81. The number of hydrogen-bond donors (Lipinski definition) is 0. The van der Waals surface area contributed by atoms with Crippen molar-refractivity contribution in [2.45, 2.75) is 6.54 Å². The average molecular weight is 566 g/mol. The fourth-order valence-corrected chi connectivity index (χ4v) is 4.88. The minimum absolute atomic E-state index is 0.669. The monoisotopic (exact) mass is 564 g/mol. The molecule has 33 heavy (non-hydrogen) atoms. The van der Waals surface area contributed by atoms with E-state index in [9.17, 15) is 0 Å². The standard InChI is InChI=1S/C27H22Br2N2O2/c1-32-22-10-6-18(7-11-22)17-30(21-4-3-5-23(16-21)33-2)31-26-12-8-19(28)14-24(26)25-15-20(29)9-13-27(25)31/h3-16H,17H2,1-2H3. The predicted molar refractivity (Wildman–Crippen MR) is 142 cm³/mol. The Morgan fingerprint density at radius 2 is 1.30 bits per heavy atom. The smallest absolute Gasteiger partial charge is 0.120 e. The number of aromatic nitrogens is 1. The van der Waals surface area contributed by atoms with Crippen LogP contribution in [-0.2, 0) is 6.54 Å². The van der Waals surface area contributed by atoms with Gasteiger partial charge in [0.2, 0.25) is 0 Å². The number of halogens is 2. The van der Waals surface area contributed by atoms with Crippen LogP contribution in [0.2, 0.25) is 0 Å². The van der Waals surface area contributed by atoms with E-state index in [0.717, 1.165) is 37.2 Å². The Balaban J connectivity index is 1.76. The summed E-state index contributed by atoms with van der Waals surface area (Å²) in [6.07, 6.45) is 0. The molecule has 1 heterocycles. The average Bonchev–Trinajstić information content (AvgIpc) is 3.15. The molecule has 6 heteroatoms. The van der Waals surface area contributed by atoms with Gasteiger partial charge in [-0.15, -0.1) is 0 Å². The quantitative estimate of drug-likeness (QED) is 0.210. The van der Waals surface area contributed by atoms with Crippen molar-refractivity contribution in [3.63, 3.8) is 0 Å². The Morgan fingerprint density at radius 1 is 0.697 bits per heavy atom. The first kappa shape index (κ1) is 21.9. The van der Waals surface area contributed by atoms with E-state index >= 15 is 0 Å². The Kier molecular flexibility index (Phi) is 6.04. The second-order valence-electron chi connectivity index (χ2n) is 7.74. The summed E-state index contributed by atoms with van der Waals surface area (Å²) in [5.74, 6) is 1.66. The summed E-state index contributed by atoms with van der Waals surface area (Å²) >= 11 is 7.30. The number of hydrogen-bond acceptors (Lipinski definition) is 3. The van der Waals surface area contributed by atoms with Crippen LogP contribution < -0.4 is 14.5 Å². The van der Waals surface area contributed by atoms with Gasteiger partial charge in [0.05, 0.1) is 37.5 Å².